The monoisotopic (exact) mass is 336 g/mol. The lowest BCUT2D eigenvalue weighted by molar-refractivity contribution is -0.116. The van der Waals surface area contributed by atoms with Crippen LogP contribution in [0.15, 0.2) is 42.7 Å². The summed E-state index contributed by atoms with van der Waals surface area (Å²) < 4.78 is 13.3. The Labute approximate surface area is 137 Å². The molecule has 7 heteroatoms. The fourth-order valence-corrected chi connectivity index (χ4v) is 1.92. The van der Waals surface area contributed by atoms with Crippen LogP contribution in [0.3, 0.4) is 0 Å². The standard InChI is InChI=1S/C16H14ClFN2O3/c17-13-3-2-11(6-14(13)18)15(22)9-20-16(23)4-1-10-5-12(21)8-19-7-10/h1-8,15,21-22H,9H2,(H,20,23)/b4-1+. The van der Waals surface area contributed by atoms with Gasteiger partial charge in [-0.05, 0) is 35.4 Å². The van der Waals surface area contributed by atoms with E-state index in [4.69, 9.17) is 11.6 Å². The van der Waals surface area contributed by atoms with Crippen LogP contribution >= 0.6 is 11.6 Å². The SMILES string of the molecule is O=C(/C=C/c1cncc(O)c1)NCC(O)c1ccc(Cl)c(F)c1. The lowest BCUT2D eigenvalue weighted by Crippen LogP contribution is -2.26. The van der Waals surface area contributed by atoms with E-state index in [0.29, 0.717) is 11.1 Å². The van der Waals surface area contributed by atoms with E-state index in [9.17, 15) is 19.4 Å². The zero-order valence-electron chi connectivity index (χ0n) is 11.9. The second-order valence-corrected chi connectivity index (χ2v) is 5.15. The van der Waals surface area contributed by atoms with E-state index in [1.165, 1.54) is 42.7 Å². The number of pyridine rings is 1. The highest BCUT2D eigenvalue weighted by atomic mass is 35.5. The highest BCUT2D eigenvalue weighted by molar-refractivity contribution is 6.30. The minimum atomic E-state index is -1.05. The van der Waals surface area contributed by atoms with Gasteiger partial charge in [0.15, 0.2) is 0 Å². The van der Waals surface area contributed by atoms with Crippen molar-refractivity contribution in [3.63, 3.8) is 0 Å². The van der Waals surface area contributed by atoms with Gasteiger partial charge in [-0.25, -0.2) is 4.39 Å². The quantitative estimate of drug-likeness (QED) is 0.732. The molecule has 1 heterocycles. The van der Waals surface area contributed by atoms with E-state index >= 15 is 0 Å². The summed E-state index contributed by atoms with van der Waals surface area (Å²) in [6, 6.07) is 5.39. The molecule has 0 bridgehead atoms. The number of nitrogens with one attached hydrogen (secondary N) is 1. The van der Waals surface area contributed by atoms with Crippen LogP contribution in [0.2, 0.25) is 5.02 Å². The third kappa shape index (κ3) is 5.05. The predicted molar refractivity (Wildman–Crippen MR) is 84.3 cm³/mol. The predicted octanol–water partition coefficient (Wildman–Crippen LogP) is 2.44. The number of aromatic nitrogens is 1. The number of rotatable bonds is 5. The van der Waals surface area contributed by atoms with Crippen molar-refractivity contribution in [2.45, 2.75) is 6.10 Å². The maximum atomic E-state index is 13.3. The Morgan fingerprint density at radius 2 is 2.17 bits per heavy atom. The lowest BCUT2D eigenvalue weighted by Gasteiger charge is -2.11. The topological polar surface area (TPSA) is 82.5 Å². The van der Waals surface area contributed by atoms with Gasteiger partial charge in [0, 0.05) is 18.8 Å². The number of benzene rings is 1. The van der Waals surface area contributed by atoms with Crippen molar-refractivity contribution >= 4 is 23.6 Å². The number of amides is 1. The third-order valence-electron chi connectivity index (χ3n) is 2.97. The van der Waals surface area contributed by atoms with Crippen molar-refractivity contribution in [2.75, 3.05) is 6.54 Å². The van der Waals surface area contributed by atoms with Gasteiger partial charge in [-0.2, -0.15) is 0 Å². The average Bonchev–Trinajstić information content (AvgIpc) is 2.53. The first kappa shape index (κ1) is 16.9. The molecule has 0 aliphatic carbocycles. The van der Waals surface area contributed by atoms with Crippen molar-refractivity contribution in [1.82, 2.24) is 10.3 Å². The molecule has 0 aliphatic heterocycles. The Morgan fingerprint density at radius 3 is 2.87 bits per heavy atom. The van der Waals surface area contributed by atoms with Crippen molar-refractivity contribution < 1.29 is 19.4 Å². The van der Waals surface area contributed by atoms with Crippen molar-refractivity contribution in [2.24, 2.45) is 0 Å². The smallest absolute Gasteiger partial charge is 0.244 e. The highest BCUT2D eigenvalue weighted by Gasteiger charge is 2.10. The molecule has 0 fully saturated rings. The van der Waals surface area contributed by atoms with Crippen molar-refractivity contribution in [3.8, 4) is 5.75 Å². The summed E-state index contributed by atoms with van der Waals surface area (Å²) in [5, 5.41) is 21.6. The summed E-state index contributed by atoms with van der Waals surface area (Å²) in [7, 11) is 0. The third-order valence-corrected chi connectivity index (χ3v) is 3.28. The van der Waals surface area contributed by atoms with Gasteiger partial charge < -0.3 is 15.5 Å². The molecule has 1 atom stereocenters. The van der Waals surface area contributed by atoms with Gasteiger partial charge in [0.25, 0.3) is 0 Å². The van der Waals surface area contributed by atoms with Crippen LogP contribution in [0.5, 0.6) is 5.75 Å². The molecular formula is C16H14ClFN2O3. The number of aliphatic hydroxyl groups is 1. The molecule has 5 nitrogen and oxygen atoms in total. The van der Waals surface area contributed by atoms with Gasteiger partial charge in [0.2, 0.25) is 5.91 Å². The first-order valence-electron chi connectivity index (χ1n) is 6.68. The normalized spacial score (nSPS) is 12.3. The van der Waals surface area contributed by atoms with E-state index < -0.39 is 17.8 Å². The number of carbonyl (C=O) groups excluding carboxylic acids is 1. The number of halogens is 2. The summed E-state index contributed by atoms with van der Waals surface area (Å²) in [5.41, 5.74) is 0.869. The number of hydrogen-bond donors (Lipinski definition) is 3. The molecule has 3 N–H and O–H groups in total. The van der Waals surface area contributed by atoms with Gasteiger partial charge in [-0.3, -0.25) is 9.78 Å². The van der Waals surface area contributed by atoms with E-state index in [1.54, 1.807) is 0 Å². The average molecular weight is 337 g/mol. The van der Waals surface area contributed by atoms with Crippen LogP contribution in [0.4, 0.5) is 4.39 Å². The largest absolute Gasteiger partial charge is 0.506 e. The highest BCUT2D eigenvalue weighted by Crippen LogP contribution is 2.19. The van der Waals surface area contributed by atoms with E-state index in [1.807, 2.05) is 0 Å². The molecule has 23 heavy (non-hydrogen) atoms. The van der Waals surface area contributed by atoms with Crippen molar-refractivity contribution in [1.29, 1.82) is 0 Å². The number of aromatic hydroxyl groups is 1. The summed E-state index contributed by atoms with van der Waals surface area (Å²) in [6.45, 7) is -0.0808. The van der Waals surface area contributed by atoms with Crippen molar-refractivity contribution in [3.05, 3.63) is 64.7 Å². The fraction of sp³-hybridized carbons (Fsp3) is 0.125. The first-order valence-corrected chi connectivity index (χ1v) is 7.06. The summed E-state index contributed by atoms with van der Waals surface area (Å²) in [6.07, 6.45) is 4.41. The van der Waals surface area contributed by atoms with E-state index in [0.717, 1.165) is 6.07 Å². The lowest BCUT2D eigenvalue weighted by atomic mass is 10.1. The number of aliphatic hydroxyl groups excluding tert-OH is 1. The maximum Gasteiger partial charge on any atom is 0.244 e. The molecular weight excluding hydrogens is 323 g/mol. The van der Waals surface area contributed by atoms with Gasteiger partial charge in [-0.15, -0.1) is 0 Å². The zero-order chi connectivity index (χ0) is 16.8. The molecule has 1 aromatic heterocycles. The summed E-state index contributed by atoms with van der Waals surface area (Å²) in [4.78, 5) is 15.4. The van der Waals surface area contributed by atoms with Crippen LogP contribution in [-0.2, 0) is 4.79 Å². The molecule has 2 rings (SSSR count). The van der Waals surface area contributed by atoms with Gasteiger partial charge in [0.1, 0.15) is 11.6 Å². The first-order chi connectivity index (χ1) is 11.0. The second-order valence-electron chi connectivity index (χ2n) is 4.74. The van der Waals surface area contributed by atoms with Gasteiger partial charge >= 0.3 is 0 Å². The Morgan fingerprint density at radius 1 is 1.39 bits per heavy atom. The fourth-order valence-electron chi connectivity index (χ4n) is 1.80. The molecule has 0 radical (unpaired) electrons. The Kier molecular flexibility index (Phi) is 5.67. The minimum Gasteiger partial charge on any atom is -0.506 e. The van der Waals surface area contributed by atoms with Gasteiger partial charge in [-0.1, -0.05) is 17.7 Å². The van der Waals surface area contributed by atoms with Gasteiger partial charge in [0.05, 0.1) is 17.3 Å². The van der Waals surface area contributed by atoms with Crippen LogP contribution in [0.1, 0.15) is 17.2 Å². The molecule has 2 aromatic rings. The molecule has 1 unspecified atom stereocenters. The summed E-state index contributed by atoms with van der Waals surface area (Å²) >= 11 is 5.57. The number of nitrogens with zero attached hydrogens (tertiary/aromatic N) is 1. The van der Waals surface area contributed by atoms with Crippen LogP contribution in [0.25, 0.3) is 6.08 Å². The van der Waals surface area contributed by atoms with Crippen LogP contribution in [-0.4, -0.2) is 27.6 Å². The minimum absolute atomic E-state index is 0.00672. The second kappa shape index (κ2) is 7.71. The molecule has 1 aromatic carbocycles. The Bertz CT molecular complexity index is 737. The molecule has 0 spiro atoms. The van der Waals surface area contributed by atoms with Crippen LogP contribution < -0.4 is 5.32 Å². The molecule has 120 valence electrons. The Balaban J connectivity index is 1.89. The number of hydrogen-bond acceptors (Lipinski definition) is 4. The summed E-state index contributed by atoms with van der Waals surface area (Å²) in [5.74, 6) is -1.08. The molecule has 0 saturated heterocycles. The number of carbonyl (C=O) groups is 1. The Hall–Kier alpha value is -2.44. The maximum absolute atomic E-state index is 13.3. The molecule has 1 amide bonds. The zero-order valence-corrected chi connectivity index (χ0v) is 12.7. The molecule has 0 aliphatic rings. The molecule has 0 saturated carbocycles. The van der Waals surface area contributed by atoms with Crippen LogP contribution in [0, 0.1) is 5.82 Å². The van der Waals surface area contributed by atoms with E-state index in [-0.39, 0.29) is 17.3 Å². The van der Waals surface area contributed by atoms with E-state index in [2.05, 4.69) is 10.3 Å².